The quantitative estimate of drug-likeness (QED) is 0.667. The van der Waals surface area contributed by atoms with Crippen molar-refractivity contribution < 1.29 is 9.53 Å². The molecule has 1 aromatic rings. The number of rotatable bonds is 0. The van der Waals surface area contributed by atoms with E-state index in [-0.39, 0.29) is 11.9 Å². The average molecular weight is 218 g/mol. The van der Waals surface area contributed by atoms with E-state index in [1.165, 1.54) is 0 Å². The summed E-state index contributed by atoms with van der Waals surface area (Å²) in [5.41, 5.74) is 6.90. The molecule has 2 N–H and O–H groups in total. The number of fused-ring (bicyclic) bond motifs is 2. The van der Waals surface area contributed by atoms with Crippen LogP contribution < -0.4 is 10.5 Å². The van der Waals surface area contributed by atoms with Crippen molar-refractivity contribution in [1.82, 2.24) is 4.90 Å². The third kappa shape index (κ3) is 1.26. The van der Waals surface area contributed by atoms with Gasteiger partial charge in [0.25, 0.3) is 5.91 Å². The molecule has 1 fully saturated rings. The molecule has 0 aliphatic carbocycles. The molecule has 0 aromatic heterocycles. The highest BCUT2D eigenvalue weighted by Gasteiger charge is 2.35. The Balaban J connectivity index is 2.10. The van der Waals surface area contributed by atoms with Crippen molar-refractivity contribution in [2.24, 2.45) is 0 Å². The molecule has 1 amide bonds. The molecule has 3 rings (SSSR count). The smallest absolute Gasteiger partial charge is 0.260 e. The first-order valence-electron chi connectivity index (χ1n) is 5.59. The summed E-state index contributed by atoms with van der Waals surface area (Å²) in [4.78, 5) is 14.2. The van der Waals surface area contributed by atoms with Crippen molar-refractivity contribution in [3.05, 3.63) is 23.8 Å². The number of benzene rings is 1. The van der Waals surface area contributed by atoms with Crippen LogP contribution >= 0.6 is 0 Å². The minimum absolute atomic E-state index is 0.0214. The Morgan fingerprint density at radius 3 is 3.19 bits per heavy atom. The molecule has 84 valence electrons. The lowest BCUT2D eigenvalue weighted by Crippen LogP contribution is -2.36. The van der Waals surface area contributed by atoms with Crippen molar-refractivity contribution in [2.75, 3.05) is 18.9 Å². The number of ether oxygens (including phenoxy) is 1. The zero-order valence-corrected chi connectivity index (χ0v) is 8.98. The van der Waals surface area contributed by atoms with Gasteiger partial charge in [0.1, 0.15) is 17.9 Å². The van der Waals surface area contributed by atoms with Crippen LogP contribution in [0.15, 0.2) is 18.2 Å². The summed E-state index contributed by atoms with van der Waals surface area (Å²) < 4.78 is 5.67. The third-order valence-corrected chi connectivity index (χ3v) is 3.34. The molecule has 0 saturated carbocycles. The number of nitrogen functional groups attached to an aromatic ring is 1. The minimum atomic E-state index is 0.0214. The van der Waals surface area contributed by atoms with Gasteiger partial charge >= 0.3 is 0 Å². The van der Waals surface area contributed by atoms with Crippen LogP contribution in [0.2, 0.25) is 0 Å². The summed E-state index contributed by atoms with van der Waals surface area (Å²) >= 11 is 0. The molecule has 1 atom stereocenters. The summed E-state index contributed by atoms with van der Waals surface area (Å²) in [6.07, 6.45) is 2.08. The van der Waals surface area contributed by atoms with Crippen molar-refractivity contribution >= 4 is 11.6 Å². The third-order valence-electron chi connectivity index (χ3n) is 3.34. The molecular weight excluding hydrogens is 204 g/mol. The Bertz CT molecular complexity index is 445. The molecule has 2 heterocycles. The fourth-order valence-corrected chi connectivity index (χ4v) is 2.50. The summed E-state index contributed by atoms with van der Waals surface area (Å²) in [7, 11) is 0. The Morgan fingerprint density at radius 1 is 1.44 bits per heavy atom. The molecular formula is C12H14N2O2. The maximum Gasteiger partial charge on any atom is 0.260 e. The number of carbonyl (C=O) groups is 1. The second-order valence-electron chi connectivity index (χ2n) is 4.33. The standard InChI is InChI=1S/C12H14N2O2/c13-9-4-1-5-10-11(9)12(15)14-6-2-3-8(14)7-16-10/h1,4-5,8H,2-3,6-7,13H2/t8-/m1/s1. The molecule has 16 heavy (non-hydrogen) atoms. The van der Waals surface area contributed by atoms with Gasteiger partial charge in [-0.15, -0.1) is 0 Å². The van der Waals surface area contributed by atoms with Crippen LogP contribution in [0.4, 0.5) is 5.69 Å². The SMILES string of the molecule is Nc1cccc2c1C(=O)N1CCC[C@@H]1CO2. The molecule has 2 aliphatic rings. The maximum atomic E-state index is 12.3. The predicted octanol–water partition coefficient (Wildman–Crippen LogP) is 1.27. The van der Waals surface area contributed by atoms with E-state index in [9.17, 15) is 4.79 Å². The largest absolute Gasteiger partial charge is 0.491 e. The Kier molecular flexibility index (Phi) is 2.02. The summed E-state index contributed by atoms with van der Waals surface area (Å²) in [5, 5.41) is 0. The first kappa shape index (κ1) is 9.51. The molecule has 2 aliphatic heterocycles. The summed E-state index contributed by atoms with van der Waals surface area (Å²) in [5.74, 6) is 0.646. The fourth-order valence-electron chi connectivity index (χ4n) is 2.50. The second kappa shape index (κ2) is 3.40. The van der Waals surface area contributed by atoms with E-state index in [2.05, 4.69) is 0 Å². The van der Waals surface area contributed by atoms with Gasteiger partial charge in [-0.05, 0) is 25.0 Å². The molecule has 0 radical (unpaired) electrons. The number of anilines is 1. The van der Waals surface area contributed by atoms with Crippen LogP contribution in [-0.2, 0) is 0 Å². The Labute approximate surface area is 94.0 Å². The number of nitrogens with two attached hydrogens (primary N) is 1. The van der Waals surface area contributed by atoms with Gasteiger partial charge in [-0.2, -0.15) is 0 Å². The van der Waals surface area contributed by atoms with E-state index >= 15 is 0 Å². The Morgan fingerprint density at radius 2 is 2.31 bits per heavy atom. The van der Waals surface area contributed by atoms with Gasteiger partial charge in [-0.1, -0.05) is 6.07 Å². The first-order chi connectivity index (χ1) is 7.77. The highest BCUT2D eigenvalue weighted by Crippen LogP contribution is 2.32. The van der Waals surface area contributed by atoms with Gasteiger partial charge in [0.15, 0.2) is 0 Å². The molecule has 4 heteroatoms. The molecule has 0 unspecified atom stereocenters. The van der Waals surface area contributed by atoms with Gasteiger partial charge in [-0.3, -0.25) is 4.79 Å². The van der Waals surface area contributed by atoms with Crippen molar-refractivity contribution in [3.8, 4) is 5.75 Å². The zero-order valence-electron chi connectivity index (χ0n) is 8.98. The van der Waals surface area contributed by atoms with Gasteiger partial charge < -0.3 is 15.4 Å². The van der Waals surface area contributed by atoms with Crippen molar-refractivity contribution in [2.45, 2.75) is 18.9 Å². The van der Waals surface area contributed by atoms with E-state index in [0.717, 1.165) is 19.4 Å². The topological polar surface area (TPSA) is 55.6 Å². The van der Waals surface area contributed by atoms with Crippen LogP contribution in [0.25, 0.3) is 0 Å². The molecule has 1 saturated heterocycles. The number of amides is 1. The number of carbonyl (C=O) groups excluding carboxylic acids is 1. The van der Waals surface area contributed by atoms with Gasteiger partial charge in [0, 0.05) is 12.2 Å². The highest BCUT2D eigenvalue weighted by molar-refractivity contribution is 6.02. The van der Waals surface area contributed by atoms with Crippen LogP contribution in [0.5, 0.6) is 5.75 Å². The monoisotopic (exact) mass is 218 g/mol. The maximum absolute atomic E-state index is 12.3. The number of hydrogen-bond acceptors (Lipinski definition) is 3. The Hall–Kier alpha value is -1.71. The summed E-state index contributed by atoms with van der Waals surface area (Å²) in [6, 6.07) is 5.60. The zero-order chi connectivity index (χ0) is 11.1. The van der Waals surface area contributed by atoms with E-state index < -0.39 is 0 Å². The lowest BCUT2D eigenvalue weighted by molar-refractivity contribution is 0.0727. The molecule has 4 nitrogen and oxygen atoms in total. The molecule has 0 bridgehead atoms. The van der Waals surface area contributed by atoms with Crippen LogP contribution in [0.3, 0.4) is 0 Å². The summed E-state index contributed by atoms with van der Waals surface area (Å²) in [6.45, 7) is 1.41. The predicted molar refractivity (Wildman–Crippen MR) is 60.4 cm³/mol. The van der Waals surface area contributed by atoms with Crippen molar-refractivity contribution in [1.29, 1.82) is 0 Å². The lowest BCUT2D eigenvalue weighted by Gasteiger charge is -2.20. The second-order valence-corrected chi connectivity index (χ2v) is 4.33. The minimum Gasteiger partial charge on any atom is -0.491 e. The fraction of sp³-hybridized carbons (Fsp3) is 0.417. The van der Waals surface area contributed by atoms with Crippen LogP contribution in [0, 0.1) is 0 Å². The first-order valence-corrected chi connectivity index (χ1v) is 5.59. The molecule has 0 spiro atoms. The van der Waals surface area contributed by atoms with E-state index in [0.29, 0.717) is 23.6 Å². The number of hydrogen-bond donors (Lipinski definition) is 1. The van der Waals surface area contributed by atoms with Crippen LogP contribution in [-0.4, -0.2) is 30.0 Å². The van der Waals surface area contributed by atoms with E-state index in [1.807, 2.05) is 17.0 Å². The normalized spacial score (nSPS) is 23.4. The van der Waals surface area contributed by atoms with Crippen LogP contribution in [0.1, 0.15) is 23.2 Å². The van der Waals surface area contributed by atoms with Gasteiger partial charge in [-0.25, -0.2) is 0 Å². The van der Waals surface area contributed by atoms with E-state index in [1.54, 1.807) is 6.07 Å². The number of nitrogens with zero attached hydrogens (tertiary/aromatic N) is 1. The average Bonchev–Trinajstić information content (AvgIpc) is 2.69. The highest BCUT2D eigenvalue weighted by atomic mass is 16.5. The molecule has 1 aromatic carbocycles. The van der Waals surface area contributed by atoms with Gasteiger partial charge in [0.05, 0.1) is 6.04 Å². The van der Waals surface area contributed by atoms with Gasteiger partial charge in [0.2, 0.25) is 0 Å². The van der Waals surface area contributed by atoms with Crippen molar-refractivity contribution in [3.63, 3.8) is 0 Å². The van der Waals surface area contributed by atoms with E-state index in [4.69, 9.17) is 10.5 Å². The lowest BCUT2D eigenvalue weighted by atomic mass is 10.1.